The van der Waals surface area contributed by atoms with Gasteiger partial charge in [0.2, 0.25) is 15.8 Å². The van der Waals surface area contributed by atoms with Gasteiger partial charge in [-0.2, -0.15) is 4.31 Å². The van der Waals surface area contributed by atoms with Crippen LogP contribution in [0.2, 0.25) is 5.02 Å². The minimum absolute atomic E-state index is 0.0808. The van der Waals surface area contributed by atoms with E-state index in [0.717, 1.165) is 5.39 Å². The lowest BCUT2D eigenvalue weighted by Gasteiger charge is -2.26. The Morgan fingerprint density at radius 2 is 1.93 bits per heavy atom. The van der Waals surface area contributed by atoms with Crippen molar-refractivity contribution in [1.82, 2.24) is 4.31 Å². The van der Waals surface area contributed by atoms with E-state index < -0.39 is 16.0 Å². The molecule has 0 bridgehead atoms. The van der Waals surface area contributed by atoms with Crippen LogP contribution in [-0.4, -0.2) is 45.0 Å². The monoisotopic (exact) mass is 449 g/mol. The molecule has 1 fully saturated rings. The number of halogens is 1. The normalized spacial score (nSPS) is 15.4. The lowest BCUT2D eigenvalue weighted by molar-refractivity contribution is 0.0437. The topological polar surface area (TPSA) is 86.1 Å². The molecule has 0 unspecified atom stereocenters. The first-order valence-electron chi connectivity index (χ1n) is 9.39. The van der Waals surface area contributed by atoms with E-state index in [4.69, 9.17) is 25.5 Å². The summed E-state index contributed by atoms with van der Waals surface area (Å²) in [4.78, 5) is 12.7. The SMILES string of the molecule is Cc1c(C(=O)OCc2cccc(S(=O)(=O)N3CCOCC3)c2)oc2ccc(Cl)cc12. The van der Waals surface area contributed by atoms with Gasteiger partial charge in [0.1, 0.15) is 12.2 Å². The highest BCUT2D eigenvalue weighted by Gasteiger charge is 2.26. The van der Waals surface area contributed by atoms with E-state index in [1.807, 2.05) is 0 Å². The lowest BCUT2D eigenvalue weighted by Crippen LogP contribution is -2.40. The molecule has 0 N–H and O–H groups in total. The van der Waals surface area contributed by atoms with E-state index in [0.29, 0.717) is 48.0 Å². The van der Waals surface area contributed by atoms with Crippen molar-refractivity contribution in [1.29, 1.82) is 0 Å². The van der Waals surface area contributed by atoms with Crippen LogP contribution in [0, 0.1) is 6.92 Å². The highest BCUT2D eigenvalue weighted by Crippen LogP contribution is 2.28. The summed E-state index contributed by atoms with van der Waals surface area (Å²) in [7, 11) is -3.62. The Kier molecular flexibility index (Phi) is 5.84. The molecule has 158 valence electrons. The van der Waals surface area contributed by atoms with Gasteiger partial charge in [-0.15, -0.1) is 0 Å². The number of morpholine rings is 1. The van der Waals surface area contributed by atoms with Gasteiger partial charge >= 0.3 is 5.97 Å². The van der Waals surface area contributed by atoms with Gasteiger partial charge in [0, 0.05) is 29.1 Å². The van der Waals surface area contributed by atoms with Gasteiger partial charge in [0.25, 0.3) is 0 Å². The van der Waals surface area contributed by atoms with E-state index >= 15 is 0 Å². The summed E-state index contributed by atoms with van der Waals surface area (Å²) in [5, 5.41) is 1.29. The van der Waals surface area contributed by atoms with Crippen LogP contribution in [0.3, 0.4) is 0 Å². The quantitative estimate of drug-likeness (QED) is 0.551. The van der Waals surface area contributed by atoms with Gasteiger partial charge in [-0.25, -0.2) is 13.2 Å². The van der Waals surface area contributed by atoms with Gasteiger partial charge in [-0.05, 0) is 42.8 Å². The van der Waals surface area contributed by atoms with Gasteiger partial charge in [0.15, 0.2) is 0 Å². The summed E-state index contributed by atoms with van der Waals surface area (Å²) in [6, 6.07) is 11.5. The molecule has 0 atom stereocenters. The van der Waals surface area contributed by atoms with Crippen molar-refractivity contribution in [2.45, 2.75) is 18.4 Å². The number of carbonyl (C=O) groups excluding carboxylic acids is 1. The van der Waals surface area contributed by atoms with Crippen molar-refractivity contribution >= 4 is 38.6 Å². The fourth-order valence-corrected chi connectivity index (χ4v) is 4.98. The second-order valence-electron chi connectivity index (χ2n) is 6.94. The molecule has 4 rings (SSSR count). The van der Waals surface area contributed by atoms with Crippen molar-refractivity contribution in [3.8, 4) is 0 Å². The number of sulfonamides is 1. The number of aryl methyl sites for hydroxylation is 1. The van der Waals surface area contributed by atoms with E-state index in [9.17, 15) is 13.2 Å². The highest BCUT2D eigenvalue weighted by molar-refractivity contribution is 7.89. The molecule has 0 radical (unpaired) electrons. The van der Waals surface area contributed by atoms with Gasteiger partial charge in [-0.3, -0.25) is 0 Å². The summed E-state index contributed by atoms with van der Waals surface area (Å²) in [6.45, 7) is 3.06. The molecular weight excluding hydrogens is 430 g/mol. The fourth-order valence-electron chi connectivity index (χ4n) is 3.33. The van der Waals surface area contributed by atoms with Gasteiger partial charge in [-0.1, -0.05) is 23.7 Å². The molecular formula is C21H20ClNO6S. The lowest BCUT2D eigenvalue weighted by atomic mass is 10.1. The summed E-state index contributed by atoms with van der Waals surface area (Å²) >= 11 is 6.01. The standard InChI is InChI=1S/C21H20ClNO6S/c1-14-18-12-16(22)5-6-19(18)29-20(14)21(24)28-13-15-3-2-4-17(11-15)30(25,26)23-7-9-27-10-8-23/h2-6,11-12H,7-10,13H2,1H3. The molecule has 30 heavy (non-hydrogen) atoms. The summed E-state index contributed by atoms with van der Waals surface area (Å²) in [6.07, 6.45) is 0. The maximum absolute atomic E-state index is 12.8. The molecule has 9 heteroatoms. The fraction of sp³-hybridized carbons (Fsp3) is 0.286. The van der Waals surface area contributed by atoms with E-state index in [1.54, 1.807) is 37.3 Å². The van der Waals surface area contributed by atoms with Crippen LogP contribution in [-0.2, 0) is 26.1 Å². The Bertz CT molecular complexity index is 1200. The van der Waals surface area contributed by atoms with Crippen LogP contribution in [0.15, 0.2) is 51.8 Å². The van der Waals surface area contributed by atoms with Crippen LogP contribution >= 0.6 is 11.6 Å². The van der Waals surface area contributed by atoms with Gasteiger partial charge in [0.05, 0.1) is 18.1 Å². The van der Waals surface area contributed by atoms with Crippen molar-refractivity contribution in [3.05, 3.63) is 64.4 Å². The molecule has 2 heterocycles. The van der Waals surface area contributed by atoms with Crippen LogP contribution in [0.4, 0.5) is 0 Å². The number of esters is 1. The Morgan fingerprint density at radius 3 is 2.70 bits per heavy atom. The molecule has 1 aliphatic rings. The predicted octanol–water partition coefficient (Wildman–Crippen LogP) is 3.77. The second-order valence-corrected chi connectivity index (χ2v) is 9.31. The van der Waals surface area contributed by atoms with Crippen LogP contribution in [0.5, 0.6) is 0 Å². The molecule has 2 aromatic carbocycles. The Morgan fingerprint density at radius 1 is 1.17 bits per heavy atom. The molecule has 1 saturated heterocycles. The third-order valence-corrected chi connectivity index (χ3v) is 7.09. The largest absolute Gasteiger partial charge is 0.455 e. The van der Waals surface area contributed by atoms with E-state index in [-0.39, 0.29) is 17.3 Å². The second kappa shape index (κ2) is 8.39. The van der Waals surface area contributed by atoms with Gasteiger partial charge < -0.3 is 13.9 Å². The highest BCUT2D eigenvalue weighted by atomic mass is 35.5. The number of carbonyl (C=O) groups is 1. The third kappa shape index (κ3) is 4.09. The average molecular weight is 450 g/mol. The molecule has 1 aliphatic heterocycles. The Hall–Kier alpha value is -2.39. The van der Waals surface area contributed by atoms with Crippen molar-refractivity contribution < 1.29 is 27.1 Å². The van der Waals surface area contributed by atoms with E-state index in [1.165, 1.54) is 16.4 Å². The summed E-state index contributed by atoms with van der Waals surface area (Å²) < 4.78 is 43.2. The minimum Gasteiger partial charge on any atom is -0.455 e. The van der Waals surface area contributed by atoms with Crippen LogP contribution < -0.4 is 0 Å². The molecule has 0 spiro atoms. The molecule has 0 saturated carbocycles. The number of hydrogen-bond acceptors (Lipinski definition) is 6. The molecule has 3 aromatic rings. The zero-order valence-electron chi connectivity index (χ0n) is 16.3. The number of rotatable bonds is 5. The number of benzene rings is 2. The molecule has 7 nitrogen and oxygen atoms in total. The number of hydrogen-bond donors (Lipinski definition) is 0. The number of furan rings is 1. The smallest absolute Gasteiger partial charge is 0.374 e. The van der Waals surface area contributed by atoms with E-state index in [2.05, 4.69) is 0 Å². The first kappa shape index (κ1) is 20.9. The van der Waals surface area contributed by atoms with Crippen molar-refractivity contribution in [3.63, 3.8) is 0 Å². The zero-order valence-corrected chi connectivity index (χ0v) is 17.8. The summed E-state index contributed by atoms with van der Waals surface area (Å²) in [5.74, 6) is -0.523. The maximum Gasteiger partial charge on any atom is 0.374 e. The Labute approximate surface area is 179 Å². The van der Waals surface area contributed by atoms with Crippen molar-refractivity contribution in [2.75, 3.05) is 26.3 Å². The number of nitrogens with zero attached hydrogens (tertiary/aromatic N) is 1. The summed E-state index contributed by atoms with van der Waals surface area (Å²) in [5.41, 5.74) is 1.75. The molecule has 1 aromatic heterocycles. The number of fused-ring (bicyclic) bond motifs is 1. The first-order valence-corrected chi connectivity index (χ1v) is 11.2. The Balaban J connectivity index is 1.50. The van der Waals surface area contributed by atoms with Crippen LogP contribution in [0.25, 0.3) is 11.0 Å². The minimum atomic E-state index is -3.62. The zero-order chi connectivity index (χ0) is 21.3. The molecule has 0 amide bonds. The predicted molar refractivity (Wildman–Crippen MR) is 111 cm³/mol. The average Bonchev–Trinajstić information content (AvgIpc) is 3.09. The van der Waals surface area contributed by atoms with Crippen molar-refractivity contribution in [2.24, 2.45) is 0 Å². The first-order chi connectivity index (χ1) is 14.4. The number of ether oxygens (including phenoxy) is 2. The maximum atomic E-state index is 12.8. The van der Waals surface area contributed by atoms with Crippen LogP contribution in [0.1, 0.15) is 21.7 Å². The third-order valence-electron chi connectivity index (χ3n) is 4.96. The molecule has 0 aliphatic carbocycles.